The molecule has 1 aromatic rings. The number of ether oxygens (including phenoxy) is 1. The topological polar surface area (TPSA) is 83.8 Å². The van der Waals surface area contributed by atoms with Crippen molar-refractivity contribution in [1.29, 1.82) is 0 Å². The Labute approximate surface area is 133 Å². The Morgan fingerprint density at radius 2 is 1.95 bits per heavy atom. The number of benzene rings is 1. The number of halogens is 1. The molecular formula is C16H17ClO5. The number of methoxy groups -OCH3 is 1. The Bertz CT molecular complexity index is 654. The van der Waals surface area contributed by atoms with Crippen LogP contribution in [0.4, 0.5) is 0 Å². The monoisotopic (exact) mass is 324 g/mol. The van der Waals surface area contributed by atoms with Crippen molar-refractivity contribution in [2.75, 3.05) is 7.11 Å². The van der Waals surface area contributed by atoms with Crippen molar-refractivity contribution in [2.45, 2.75) is 25.2 Å². The van der Waals surface area contributed by atoms with E-state index in [-0.39, 0.29) is 12.8 Å². The van der Waals surface area contributed by atoms with Gasteiger partial charge in [0.2, 0.25) is 0 Å². The van der Waals surface area contributed by atoms with E-state index in [9.17, 15) is 19.8 Å². The van der Waals surface area contributed by atoms with Crippen LogP contribution in [0.15, 0.2) is 30.4 Å². The predicted octanol–water partition coefficient (Wildman–Crippen LogP) is 3.11. The smallest absolute Gasteiger partial charge is 0.314 e. The molecule has 0 aromatic heterocycles. The lowest BCUT2D eigenvalue weighted by atomic mass is 9.63. The summed E-state index contributed by atoms with van der Waals surface area (Å²) >= 11 is 6.10. The van der Waals surface area contributed by atoms with Gasteiger partial charge in [0.1, 0.15) is 5.75 Å². The summed E-state index contributed by atoms with van der Waals surface area (Å²) in [6.07, 6.45) is 3.35. The van der Waals surface area contributed by atoms with Crippen LogP contribution in [0.2, 0.25) is 5.02 Å². The summed E-state index contributed by atoms with van der Waals surface area (Å²) in [6, 6.07) is 4.76. The Hall–Kier alpha value is -2.01. The van der Waals surface area contributed by atoms with Crippen molar-refractivity contribution < 1.29 is 24.5 Å². The third-order valence-electron chi connectivity index (χ3n) is 4.22. The molecule has 0 bridgehead atoms. The van der Waals surface area contributed by atoms with Crippen LogP contribution in [0.1, 0.15) is 25.3 Å². The van der Waals surface area contributed by atoms with E-state index in [0.29, 0.717) is 16.3 Å². The first-order valence-corrected chi connectivity index (χ1v) is 7.11. The van der Waals surface area contributed by atoms with Gasteiger partial charge in [0.05, 0.1) is 23.0 Å². The van der Waals surface area contributed by atoms with Gasteiger partial charge < -0.3 is 14.9 Å². The Balaban J connectivity index is 2.55. The van der Waals surface area contributed by atoms with Gasteiger partial charge in [0.15, 0.2) is 0 Å². The number of hydrogen-bond acceptors (Lipinski definition) is 3. The molecule has 118 valence electrons. The highest BCUT2D eigenvalue weighted by Gasteiger charge is 2.49. The van der Waals surface area contributed by atoms with Gasteiger partial charge in [-0.2, -0.15) is 0 Å². The van der Waals surface area contributed by atoms with Gasteiger partial charge in [-0.3, -0.25) is 9.59 Å². The molecule has 0 saturated heterocycles. The summed E-state index contributed by atoms with van der Waals surface area (Å²) in [5.41, 5.74) is -2.08. The maximum absolute atomic E-state index is 12.0. The van der Waals surface area contributed by atoms with E-state index in [2.05, 4.69) is 0 Å². The third-order valence-corrected chi connectivity index (χ3v) is 4.52. The van der Waals surface area contributed by atoms with Gasteiger partial charge >= 0.3 is 11.9 Å². The van der Waals surface area contributed by atoms with Crippen LogP contribution in [0, 0.1) is 5.41 Å². The largest absolute Gasteiger partial charge is 0.495 e. The van der Waals surface area contributed by atoms with Crippen molar-refractivity contribution >= 4 is 23.5 Å². The summed E-state index contributed by atoms with van der Waals surface area (Å²) < 4.78 is 5.07. The molecule has 22 heavy (non-hydrogen) atoms. The summed E-state index contributed by atoms with van der Waals surface area (Å²) in [4.78, 5) is 23.4. The molecule has 1 aliphatic rings. The molecule has 0 aliphatic heterocycles. The minimum absolute atomic E-state index is 0.0379. The normalized spacial score (nSPS) is 27.4. The highest BCUT2D eigenvalue weighted by atomic mass is 35.5. The van der Waals surface area contributed by atoms with Crippen molar-refractivity contribution in [1.82, 2.24) is 0 Å². The summed E-state index contributed by atoms with van der Waals surface area (Å²) in [7, 11) is 1.47. The van der Waals surface area contributed by atoms with Gasteiger partial charge in [0, 0.05) is 0 Å². The van der Waals surface area contributed by atoms with E-state index in [0.717, 1.165) is 0 Å². The Morgan fingerprint density at radius 3 is 2.45 bits per heavy atom. The molecule has 0 amide bonds. The Morgan fingerprint density at radius 1 is 1.27 bits per heavy atom. The van der Waals surface area contributed by atoms with Crippen LogP contribution < -0.4 is 4.74 Å². The molecule has 5 nitrogen and oxygen atoms in total. The lowest BCUT2D eigenvalue weighted by Gasteiger charge is -2.38. The first-order valence-electron chi connectivity index (χ1n) is 6.74. The molecule has 0 heterocycles. The van der Waals surface area contributed by atoms with Crippen molar-refractivity contribution in [2.24, 2.45) is 5.41 Å². The summed E-state index contributed by atoms with van der Waals surface area (Å²) in [6.45, 7) is 1.52. The zero-order valence-corrected chi connectivity index (χ0v) is 13.1. The number of aliphatic carboxylic acids is 2. The molecule has 0 fully saturated rings. The number of carboxylic acids is 2. The quantitative estimate of drug-likeness (QED) is 0.831. The third kappa shape index (κ3) is 2.57. The Kier molecular flexibility index (Phi) is 4.20. The second kappa shape index (κ2) is 5.65. The minimum atomic E-state index is -1.32. The van der Waals surface area contributed by atoms with Crippen LogP contribution in [0.25, 0.3) is 0 Å². The van der Waals surface area contributed by atoms with Crippen LogP contribution >= 0.6 is 11.6 Å². The molecule has 2 N–H and O–H groups in total. The van der Waals surface area contributed by atoms with Crippen LogP contribution in [-0.2, 0) is 15.0 Å². The molecule has 1 aromatic carbocycles. The van der Waals surface area contributed by atoms with E-state index in [1.54, 1.807) is 24.3 Å². The molecule has 6 heteroatoms. The molecule has 2 atom stereocenters. The van der Waals surface area contributed by atoms with Gasteiger partial charge in [-0.05, 0) is 37.5 Å². The first-order chi connectivity index (χ1) is 10.2. The molecule has 2 unspecified atom stereocenters. The second-order valence-corrected chi connectivity index (χ2v) is 6.15. The number of rotatable bonds is 4. The van der Waals surface area contributed by atoms with Crippen LogP contribution in [0.5, 0.6) is 5.75 Å². The van der Waals surface area contributed by atoms with Crippen molar-refractivity contribution in [3.05, 3.63) is 40.9 Å². The maximum atomic E-state index is 12.0. The standard InChI is InChI=1S/C16H17ClO5/c1-15(13(18)19)6-3-7-16(9-15,14(20)21)10-4-5-12(22-2)11(17)8-10/h3-6,8H,7,9H2,1-2H3,(H,18,19)(H,20,21). The van der Waals surface area contributed by atoms with E-state index in [1.165, 1.54) is 20.1 Å². The molecule has 2 rings (SSSR count). The zero-order chi connectivity index (χ0) is 16.5. The highest BCUT2D eigenvalue weighted by Crippen LogP contribution is 2.46. The number of carbonyl (C=O) groups is 2. The fourth-order valence-electron chi connectivity index (χ4n) is 2.90. The number of hydrogen-bond donors (Lipinski definition) is 2. The molecule has 0 saturated carbocycles. The SMILES string of the molecule is COc1ccc(C2(C(=O)O)CC=CC(C)(C(=O)O)C2)cc1Cl. The van der Waals surface area contributed by atoms with E-state index in [1.807, 2.05) is 0 Å². The fraction of sp³-hybridized carbons (Fsp3) is 0.375. The minimum Gasteiger partial charge on any atom is -0.495 e. The lowest BCUT2D eigenvalue weighted by Crippen LogP contribution is -2.45. The average Bonchev–Trinajstić information content (AvgIpc) is 2.46. The number of allylic oxidation sites excluding steroid dienone is 1. The first kappa shape index (κ1) is 16.4. The molecule has 0 spiro atoms. The van der Waals surface area contributed by atoms with Gasteiger partial charge in [-0.15, -0.1) is 0 Å². The van der Waals surface area contributed by atoms with E-state index in [4.69, 9.17) is 16.3 Å². The van der Waals surface area contributed by atoms with E-state index < -0.39 is 22.8 Å². The van der Waals surface area contributed by atoms with Crippen molar-refractivity contribution in [3.63, 3.8) is 0 Å². The molecule has 0 radical (unpaired) electrons. The molecule has 1 aliphatic carbocycles. The van der Waals surface area contributed by atoms with Crippen LogP contribution in [-0.4, -0.2) is 29.3 Å². The highest BCUT2D eigenvalue weighted by molar-refractivity contribution is 6.32. The van der Waals surface area contributed by atoms with Gasteiger partial charge in [-0.1, -0.05) is 29.8 Å². The van der Waals surface area contributed by atoms with Crippen molar-refractivity contribution in [3.8, 4) is 5.75 Å². The van der Waals surface area contributed by atoms with E-state index >= 15 is 0 Å². The number of carboxylic acid groups (broad SMARTS) is 2. The maximum Gasteiger partial charge on any atom is 0.314 e. The van der Waals surface area contributed by atoms with Gasteiger partial charge in [0.25, 0.3) is 0 Å². The van der Waals surface area contributed by atoms with Gasteiger partial charge in [-0.25, -0.2) is 0 Å². The summed E-state index contributed by atoms with van der Waals surface area (Å²) in [5, 5.41) is 19.5. The fourth-order valence-corrected chi connectivity index (χ4v) is 3.15. The predicted molar refractivity (Wildman–Crippen MR) is 81.4 cm³/mol. The van der Waals surface area contributed by atoms with Crippen LogP contribution in [0.3, 0.4) is 0 Å². The second-order valence-electron chi connectivity index (χ2n) is 5.74. The zero-order valence-electron chi connectivity index (χ0n) is 12.3. The molecular weight excluding hydrogens is 308 g/mol. The summed E-state index contributed by atoms with van der Waals surface area (Å²) in [5.74, 6) is -1.67. The lowest BCUT2D eigenvalue weighted by molar-refractivity contribution is -0.151. The average molecular weight is 325 g/mol.